The maximum atomic E-state index is 13.4. The van der Waals surface area contributed by atoms with Gasteiger partial charge in [-0.2, -0.15) is 0 Å². The molecular formula is C29H35N3O4S. The molecule has 1 saturated heterocycles. The lowest BCUT2D eigenvalue weighted by molar-refractivity contribution is -0.130. The fourth-order valence-electron chi connectivity index (χ4n) is 6.27. The summed E-state index contributed by atoms with van der Waals surface area (Å²) in [4.78, 5) is 43.9. The molecule has 2 aliphatic heterocycles. The Kier molecular flexibility index (Phi) is 7.98. The molecule has 0 radical (unpaired) electrons. The summed E-state index contributed by atoms with van der Waals surface area (Å²) in [6.07, 6.45) is 4.50. The zero-order valence-electron chi connectivity index (χ0n) is 21.2. The van der Waals surface area contributed by atoms with E-state index in [2.05, 4.69) is 10.2 Å². The molecule has 0 aromatic heterocycles. The predicted octanol–water partition coefficient (Wildman–Crippen LogP) is 3.43. The smallest absolute Gasteiger partial charge is 0.261 e. The van der Waals surface area contributed by atoms with Gasteiger partial charge in [0.1, 0.15) is 0 Å². The van der Waals surface area contributed by atoms with Crippen molar-refractivity contribution in [3.8, 4) is 0 Å². The molecule has 1 aliphatic carbocycles. The lowest BCUT2D eigenvalue weighted by Gasteiger charge is -2.46. The molecule has 8 heteroatoms. The van der Waals surface area contributed by atoms with Gasteiger partial charge in [-0.15, -0.1) is 11.8 Å². The first-order valence-electron chi connectivity index (χ1n) is 13.3. The second-order valence-corrected chi connectivity index (χ2v) is 11.5. The van der Waals surface area contributed by atoms with Gasteiger partial charge in [0.2, 0.25) is 5.91 Å². The predicted molar refractivity (Wildman–Crippen MR) is 143 cm³/mol. The van der Waals surface area contributed by atoms with Gasteiger partial charge in [-0.1, -0.05) is 49.6 Å². The number of likely N-dealkylation sites (N-methyl/N-ethyl adjacent to an activating group) is 1. The molecule has 0 bridgehead atoms. The minimum Gasteiger partial charge on any atom is -0.390 e. The first-order chi connectivity index (χ1) is 18.0. The van der Waals surface area contributed by atoms with Crippen molar-refractivity contribution in [3.05, 3.63) is 65.7 Å². The van der Waals surface area contributed by atoms with E-state index in [1.807, 2.05) is 30.3 Å². The van der Waals surface area contributed by atoms with Crippen LogP contribution in [0.15, 0.2) is 59.5 Å². The zero-order valence-corrected chi connectivity index (χ0v) is 22.0. The number of imide groups is 1. The lowest BCUT2D eigenvalue weighted by Crippen LogP contribution is -2.59. The molecule has 5 unspecified atom stereocenters. The Balaban J connectivity index is 1.39. The first-order valence-corrected chi connectivity index (χ1v) is 14.2. The summed E-state index contributed by atoms with van der Waals surface area (Å²) in [7, 11) is 1.65. The highest BCUT2D eigenvalue weighted by Gasteiger charge is 2.45. The van der Waals surface area contributed by atoms with Crippen LogP contribution < -0.4 is 5.32 Å². The number of aliphatic hydroxyl groups excluding tert-OH is 1. The van der Waals surface area contributed by atoms with E-state index in [0.717, 1.165) is 30.7 Å². The van der Waals surface area contributed by atoms with Gasteiger partial charge in [0.15, 0.2) is 0 Å². The summed E-state index contributed by atoms with van der Waals surface area (Å²) >= 11 is 1.51. The van der Waals surface area contributed by atoms with Crippen LogP contribution in [-0.4, -0.2) is 76.7 Å². The number of carbonyl (C=O) groups is 3. The molecule has 2 N–H and O–H groups in total. The third-order valence-corrected chi connectivity index (χ3v) is 9.35. The van der Waals surface area contributed by atoms with Crippen molar-refractivity contribution in [2.24, 2.45) is 11.8 Å². The van der Waals surface area contributed by atoms with Crippen LogP contribution >= 0.6 is 11.8 Å². The van der Waals surface area contributed by atoms with Crippen LogP contribution in [-0.2, 0) is 4.79 Å². The summed E-state index contributed by atoms with van der Waals surface area (Å²) in [6.45, 7) is 0.981. The van der Waals surface area contributed by atoms with E-state index in [4.69, 9.17) is 0 Å². The Morgan fingerprint density at radius 2 is 1.62 bits per heavy atom. The first kappa shape index (κ1) is 25.9. The number of amides is 3. The van der Waals surface area contributed by atoms with Crippen molar-refractivity contribution >= 4 is 29.5 Å². The highest BCUT2D eigenvalue weighted by atomic mass is 32.2. The fraction of sp³-hybridized carbons (Fsp3) is 0.483. The van der Waals surface area contributed by atoms with Crippen LogP contribution in [0.4, 0.5) is 0 Å². The number of aliphatic hydroxyl groups is 1. The summed E-state index contributed by atoms with van der Waals surface area (Å²) < 4.78 is 0. The van der Waals surface area contributed by atoms with Gasteiger partial charge in [-0.25, -0.2) is 0 Å². The number of benzene rings is 2. The number of hydrogen-bond donors (Lipinski definition) is 2. The number of β-amino-alcohol motifs (C(OH)–C–C–N with tert-alkyl or cyclic N) is 1. The van der Waals surface area contributed by atoms with E-state index in [1.165, 1.54) is 29.5 Å². The SMILES string of the molecule is CNC(=O)C1CC2CCCCC2CN1CC(O)C(CSc1ccccc1)N1C(=O)c2ccccc2C1=O. The maximum Gasteiger partial charge on any atom is 0.261 e. The molecular weight excluding hydrogens is 486 g/mol. The van der Waals surface area contributed by atoms with Gasteiger partial charge in [-0.05, 0) is 48.9 Å². The Morgan fingerprint density at radius 1 is 1.00 bits per heavy atom. The van der Waals surface area contributed by atoms with Gasteiger partial charge in [-0.3, -0.25) is 24.2 Å². The Hall–Kier alpha value is -2.68. The summed E-state index contributed by atoms with van der Waals surface area (Å²) in [5.74, 6) is 0.635. The highest BCUT2D eigenvalue weighted by molar-refractivity contribution is 7.99. The average Bonchev–Trinajstić information content (AvgIpc) is 3.18. The lowest BCUT2D eigenvalue weighted by atomic mass is 9.72. The molecule has 3 amide bonds. The van der Waals surface area contributed by atoms with Crippen LogP contribution in [0.1, 0.15) is 52.8 Å². The number of rotatable bonds is 8. The number of thioether (sulfide) groups is 1. The molecule has 2 fully saturated rings. The van der Waals surface area contributed by atoms with Crippen molar-refractivity contribution in [1.29, 1.82) is 0 Å². The van der Waals surface area contributed by atoms with Crippen molar-refractivity contribution in [2.75, 3.05) is 25.9 Å². The number of fused-ring (bicyclic) bond motifs is 2. The van der Waals surface area contributed by atoms with Crippen LogP contribution in [0.25, 0.3) is 0 Å². The molecule has 2 aromatic rings. The fourth-order valence-corrected chi connectivity index (χ4v) is 7.35. The molecule has 37 heavy (non-hydrogen) atoms. The highest BCUT2D eigenvalue weighted by Crippen LogP contribution is 2.39. The van der Waals surface area contributed by atoms with Crippen LogP contribution in [0.5, 0.6) is 0 Å². The monoisotopic (exact) mass is 521 g/mol. The van der Waals surface area contributed by atoms with Crippen LogP contribution in [0.2, 0.25) is 0 Å². The summed E-state index contributed by atoms with van der Waals surface area (Å²) in [5, 5.41) is 14.5. The Bertz CT molecular complexity index is 1110. The van der Waals surface area contributed by atoms with Crippen molar-refractivity contribution < 1.29 is 19.5 Å². The quantitative estimate of drug-likeness (QED) is 0.409. The minimum absolute atomic E-state index is 0.0350. The van der Waals surface area contributed by atoms with Crippen LogP contribution in [0.3, 0.4) is 0 Å². The van der Waals surface area contributed by atoms with Crippen LogP contribution in [0, 0.1) is 11.8 Å². The van der Waals surface area contributed by atoms with E-state index in [1.54, 1.807) is 31.3 Å². The van der Waals surface area contributed by atoms with Crippen molar-refractivity contribution in [2.45, 2.75) is 55.2 Å². The standard InChI is InChI=1S/C29H35N3O4S/c1-30-27(34)24-15-19-9-5-6-10-20(19)16-31(24)17-26(33)25(18-37-21-11-3-2-4-12-21)32-28(35)22-13-7-8-14-23(22)29(32)36/h2-4,7-8,11-14,19-20,24-26,33H,5-6,9-10,15-18H2,1H3,(H,30,34). The number of likely N-dealkylation sites (tertiary alicyclic amines) is 1. The molecule has 196 valence electrons. The number of nitrogens with zero attached hydrogens (tertiary/aromatic N) is 2. The van der Waals surface area contributed by atoms with Crippen molar-refractivity contribution in [1.82, 2.24) is 15.1 Å². The maximum absolute atomic E-state index is 13.4. The number of nitrogens with one attached hydrogen (secondary N) is 1. The van der Waals surface area contributed by atoms with E-state index in [0.29, 0.717) is 28.7 Å². The molecule has 5 rings (SSSR count). The number of carbonyl (C=O) groups excluding carboxylic acids is 3. The van der Waals surface area contributed by atoms with Gasteiger partial charge in [0, 0.05) is 30.8 Å². The average molecular weight is 522 g/mol. The third kappa shape index (κ3) is 5.33. The van der Waals surface area contributed by atoms with Gasteiger partial charge < -0.3 is 10.4 Å². The van der Waals surface area contributed by atoms with Gasteiger partial charge in [0.05, 0.1) is 29.3 Å². The molecule has 3 aliphatic rings. The zero-order chi connectivity index (χ0) is 25.9. The number of hydrogen-bond acceptors (Lipinski definition) is 6. The number of piperidine rings is 1. The molecule has 5 atom stereocenters. The molecule has 2 heterocycles. The topological polar surface area (TPSA) is 90.0 Å². The normalized spacial score (nSPS) is 25.4. The third-order valence-electron chi connectivity index (χ3n) is 8.24. The molecule has 1 saturated carbocycles. The van der Waals surface area contributed by atoms with E-state index >= 15 is 0 Å². The molecule has 0 spiro atoms. The van der Waals surface area contributed by atoms with Gasteiger partial charge >= 0.3 is 0 Å². The largest absolute Gasteiger partial charge is 0.390 e. The van der Waals surface area contributed by atoms with E-state index < -0.39 is 12.1 Å². The van der Waals surface area contributed by atoms with E-state index in [9.17, 15) is 19.5 Å². The Labute approximate surface area is 222 Å². The molecule has 2 aromatic carbocycles. The molecule has 7 nitrogen and oxygen atoms in total. The second-order valence-electron chi connectivity index (χ2n) is 10.4. The van der Waals surface area contributed by atoms with Crippen molar-refractivity contribution in [3.63, 3.8) is 0 Å². The van der Waals surface area contributed by atoms with E-state index in [-0.39, 0.29) is 30.3 Å². The summed E-state index contributed by atoms with van der Waals surface area (Å²) in [5.41, 5.74) is 0.751. The Morgan fingerprint density at radius 3 is 2.27 bits per heavy atom. The van der Waals surface area contributed by atoms with Gasteiger partial charge in [0.25, 0.3) is 11.8 Å². The summed E-state index contributed by atoms with van der Waals surface area (Å²) in [6, 6.07) is 15.6. The minimum atomic E-state index is -0.995. The second kappa shape index (κ2) is 11.4.